The summed E-state index contributed by atoms with van der Waals surface area (Å²) in [7, 11) is 3.03. The summed E-state index contributed by atoms with van der Waals surface area (Å²) < 4.78 is 10.8. The molecule has 56 heavy (non-hydrogen) atoms. The molecular weight excluding hydrogens is 717 g/mol. The highest BCUT2D eigenvalue weighted by Crippen LogP contribution is 2.42. The van der Waals surface area contributed by atoms with Crippen molar-refractivity contribution >= 4 is 28.1 Å². The number of aromatic nitrogens is 1. The molecule has 0 aliphatic carbocycles. The van der Waals surface area contributed by atoms with Crippen LogP contribution in [0.4, 0.5) is 5.13 Å². The molecule has 0 spiro atoms. The second kappa shape index (κ2) is 17.8. The topological polar surface area (TPSA) is 94.1 Å². The smallest absolute Gasteiger partial charge is 0.275 e. The average Bonchev–Trinajstić information content (AvgIpc) is 3.74. The predicted molar refractivity (Wildman–Crippen MR) is 223 cm³/mol. The number of oxime groups is 1. The summed E-state index contributed by atoms with van der Waals surface area (Å²) in [6.07, 6.45) is -0.672. The minimum Gasteiger partial charge on any atom is -0.374 e. The van der Waals surface area contributed by atoms with Crippen LogP contribution in [0.25, 0.3) is 0 Å². The lowest BCUT2D eigenvalue weighted by Crippen LogP contribution is -2.39. The van der Waals surface area contributed by atoms with Crippen molar-refractivity contribution < 1.29 is 19.1 Å². The van der Waals surface area contributed by atoms with Gasteiger partial charge in [0.25, 0.3) is 5.91 Å². The van der Waals surface area contributed by atoms with Gasteiger partial charge in [-0.3, -0.25) is 4.79 Å². The summed E-state index contributed by atoms with van der Waals surface area (Å²) in [6, 6.07) is 60.5. The molecule has 2 N–H and O–H groups in total. The van der Waals surface area contributed by atoms with E-state index in [0.29, 0.717) is 10.8 Å². The highest BCUT2D eigenvalue weighted by Gasteiger charge is 2.41. The van der Waals surface area contributed by atoms with Gasteiger partial charge in [0.05, 0.1) is 6.54 Å². The Hall–Kier alpha value is -6.39. The molecule has 1 heterocycles. The Labute approximate surface area is 331 Å². The van der Waals surface area contributed by atoms with Crippen LogP contribution in [0.2, 0.25) is 0 Å². The van der Waals surface area contributed by atoms with E-state index in [9.17, 15) is 4.79 Å². The molecule has 6 aromatic carbocycles. The van der Waals surface area contributed by atoms with Crippen LogP contribution >= 0.6 is 11.3 Å². The van der Waals surface area contributed by atoms with Gasteiger partial charge in [0.15, 0.2) is 17.1 Å². The van der Waals surface area contributed by atoms with Crippen LogP contribution in [-0.2, 0) is 30.2 Å². The van der Waals surface area contributed by atoms with E-state index >= 15 is 0 Å². The Morgan fingerprint density at radius 2 is 0.982 bits per heavy atom. The summed E-state index contributed by atoms with van der Waals surface area (Å²) in [6.45, 7) is 0.0699. The third-order valence-corrected chi connectivity index (χ3v) is 10.4. The number of hydrogen-bond acceptors (Lipinski definition) is 8. The van der Waals surface area contributed by atoms with Crippen molar-refractivity contribution in [3.63, 3.8) is 0 Å². The van der Waals surface area contributed by atoms with E-state index in [-0.39, 0.29) is 12.3 Å². The van der Waals surface area contributed by atoms with E-state index in [1.807, 2.05) is 151 Å². The molecule has 1 aromatic heterocycles. The lowest BCUT2D eigenvalue weighted by molar-refractivity contribution is -0.122. The monoisotopic (exact) mass is 758 g/mol. The number of rotatable bonds is 16. The number of anilines is 1. The summed E-state index contributed by atoms with van der Waals surface area (Å²) >= 11 is 1.37. The molecule has 0 aliphatic rings. The zero-order valence-corrected chi connectivity index (χ0v) is 31.9. The van der Waals surface area contributed by atoms with E-state index in [1.165, 1.54) is 25.6 Å². The van der Waals surface area contributed by atoms with E-state index < -0.39 is 23.3 Å². The molecule has 0 saturated carbocycles. The van der Waals surface area contributed by atoms with E-state index in [2.05, 4.69) is 47.0 Å². The first-order chi connectivity index (χ1) is 27.6. The Balaban J connectivity index is 1.37. The van der Waals surface area contributed by atoms with Crippen LogP contribution in [0.5, 0.6) is 0 Å². The maximum absolute atomic E-state index is 14.3. The van der Waals surface area contributed by atoms with Gasteiger partial charge >= 0.3 is 0 Å². The summed E-state index contributed by atoms with van der Waals surface area (Å²) in [5, 5.41) is 13.9. The Morgan fingerprint density at radius 3 is 1.36 bits per heavy atom. The molecule has 0 bridgehead atoms. The lowest BCUT2D eigenvalue weighted by atomic mass is 9.77. The second-order valence-electron chi connectivity index (χ2n) is 12.9. The summed E-state index contributed by atoms with van der Waals surface area (Å²) in [4.78, 5) is 26.1. The second-order valence-corrected chi connectivity index (χ2v) is 13.8. The first-order valence-corrected chi connectivity index (χ1v) is 19.1. The molecular formula is C47H42N4O4S. The normalized spacial score (nSPS) is 11.9. The Bertz CT molecular complexity index is 2110. The van der Waals surface area contributed by atoms with Crippen molar-refractivity contribution in [1.82, 2.24) is 10.3 Å². The Morgan fingerprint density at radius 1 is 0.607 bits per heavy atom. The maximum Gasteiger partial charge on any atom is 0.275 e. The zero-order valence-electron chi connectivity index (χ0n) is 31.1. The molecule has 0 atom stereocenters. The number of nitrogens with one attached hydrogen (secondary N) is 2. The molecule has 0 saturated heterocycles. The fourth-order valence-corrected chi connectivity index (χ4v) is 7.65. The van der Waals surface area contributed by atoms with Gasteiger partial charge in [-0.25, -0.2) is 4.98 Å². The summed E-state index contributed by atoms with van der Waals surface area (Å²) in [5.74, 6) is -0.510. The van der Waals surface area contributed by atoms with Crippen molar-refractivity contribution in [3.05, 3.63) is 226 Å². The number of benzene rings is 6. The van der Waals surface area contributed by atoms with Gasteiger partial charge in [0.2, 0.25) is 5.60 Å². The van der Waals surface area contributed by atoms with E-state index in [1.54, 1.807) is 0 Å². The molecule has 280 valence electrons. The Kier molecular flexibility index (Phi) is 12.1. The minimum absolute atomic E-state index is 0.0165. The molecule has 0 unspecified atom stereocenters. The van der Waals surface area contributed by atoms with Crippen molar-refractivity contribution in [2.24, 2.45) is 5.16 Å². The lowest BCUT2D eigenvalue weighted by Gasteiger charge is -2.36. The first-order valence-electron chi connectivity index (χ1n) is 18.3. The third kappa shape index (κ3) is 7.87. The van der Waals surface area contributed by atoms with Crippen LogP contribution in [-0.4, -0.2) is 43.7 Å². The zero-order chi connectivity index (χ0) is 38.6. The maximum atomic E-state index is 14.3. The van der Waals surface area contributed by atoms with E-state index in [0.717, 1.165) is 33.4 Å². The van der Waals surface area contributed by atoms with Gasteiger partial charge in [0, 0.05) is 36.3 Å². The number of carbonyl (C=O) groups is 1. The minimum atomic E-state index is -1.23. The average molecular weight is 759 g/mol. The fourth-order valence-electron chi connectivity index (χ4n) is 6.90. The molecule has 0 aliphatic heterocycles. The predicted octanol–water partition coefficient (Wildman–Crippen LogP) is 9.00. The van der Waals surface area contributed by atoms with Crippen LogP contribution in [0.3, 0.4) is 0 Å². The molecule has 0 fully saturated rings. The molecule has 0 radical (unpaired) electrons. The van der Waals surface area contributed by atoms with Crippen LogP contribution in [0, 0.1) is 0 Å². The highest BCUT2D eigenvalue weighted by atomic mass is 32.1. The molecule has 7 rings (SSSR count). The SMILES string of the molecule is COC(CNC(=O)/C(=N\OC(c1ccccc1)(c1ccccc1)c1ccccc1)c1csc(NC(c2ccccc2)(c2ccccc2)c2ccccc2)n1)OC. The number of carbonyl (C=O) groups excluding carboxylic acids is 1. The quantitative estimate of drug-likeness (QED) is 0.0443. The number of methoxy groups -OCH3 is 2. The molecule has 7 aromatic rings. The first kappa shape index (κ1) is 37.9. The molecule has 9 heteroatoms. The molecule has 8 nitrogen and oxygen atoms in total. The number of hydrogen-bond donors (Lipinski definition) is 2. The van der Waals surface area contributed by atoms with Gasteiger partial charge in [-0.1, -0.05) is 187 Å². The van der Waals surface area contributed by atoms with Gasteiger partial charge < -0.3 is 24.9 Å². The van der Waals surface area contributed by atoms with Gasteiger partial charge in [-0.15, -0.1) is 11.3 Å². The highest BCUT2D eigenvalue weighted by molar-refractivity contribution is 7.14. The van der Waals surface area contributed by atoms with Crippen molar-refractivity contribution in [2.45, 2.75) is 17.4 Å². The van der Waals surface area contributed by atoms with Crippen molar-refractivity contribution in [2.75, 3.05) is 26.1 Å². The van der Waals surface area contributed by atoms with Crippen molar-refractivity contribution in [3.8, 4) is 0 Å². The number of amides is 1. The van der Waals surface area contributed by atoms with Crippen LogP contribution in [0.15, 0.2) is 193 Å². The standard InChI is InChI=1S/C47H42N4O4S/c1-53-42(54-2)33-48-44(52)43(51-55-47(38-27-15-6-16-28-38,39-29-17-7-18-30-39)40-31-19-8-20-32-40)41-34-56-45(49-41)50-46(35-21-9-3-10-22-35,36-23-11-4-12-24-36)37-25-13-5-14-26-37/h3-32,34,42H,33H2,1-2H3,(H,48,52)(H,49,50)/b51-43-. The van der Waals surface area contributed by atoms with Gasteiger partial charge in [-0.2, -0.15) is 0 Å². The number of nitrogens with zero attached hydrogens (tertiary/aromatic N) is 2. The van der Waals surface area contributed by atoms with Gasteiger partial charge in [0.1, 0.15) is 11.2 Å². The van der Waals surface area contributed by atoms with Crippen LogP contribution < -0.4 is 10.6 Å². The van der Waals surface area contributed by atoms with E-state index in [4.69, 9.17) is 24.5 Å². The largest absolute Gasteiger partial charge is 0.374 e. The number of ether oxygens (including phenoxy) is 2. The van der Waals surface area contributed by atoms with Crippen LogP contribution in [0.1, 0.15) is 39.1 Å². The molecule has 1 amide bonds. The third-order valence-electron chi connectivity index (χ3n) is 9.65. The summed E-state index contributed by atoms with van der Waals surface area (Å²) in [5.41, 5.74) is 3.81. The fraction of sp³-hybridized carbons (Fsp3) is 0.128. The number of thiazole rings is 1. The van der Waals surface area contributed by atoms with Gasteiger partial charge in [-0.05, 0) is 16.7 Å². The van der Waals surface area contributed by atoms with Crippen molar-refractivity contribution in [1.29, 1.82) is 0 Å².